The third-order valence-electron chi connectivity index (χ3n) is 0.662. The van der Waals surface area contributed by atoms with E-state index in [9.17, 15) is 0 Å². The Morgan fingerprint density at radius 2 is 2.00 bits per heavy atom. The first-order chi connectivity index (χ1) is 3.18. The summed E-state index contributed by atoms with van der Waals surface area (Å²) in [6, 6.07) is 0.185. The Hall–Kier alpha value is -0.160. The molecular formula is C3H11N4-. The van der Waals surface area contributed by atoms with Crippen LogP contribution in [-0.4, -0.2) is 11.2 Å². The Bertz CT molecular complexity index is 44.2. The average Bonchev–Trinajstić information content (AvgIpc) is 1.65. The lowest BCUT2D eigenvalue weighted by molar-refractivity contribution is 0.292. The summed E-state index contributed by atoms with van der Waals surface area (Å²) in [5.41, 5.74) is 3.20. The van der Waals surface area contributed by atoms with Crippen molar-refractivity contribution in [2.75, 3.05) is 0 Å². The zero-order valence-electron chi connectivity index (χ0n) is 4.63. The summed E-state index contributed by atoms with van der Waals surface area (Å²) in [6.45, 7) is 3.80. The molecule has 0 bridgehead atoms. The van der Waals surface area contributed by atoms with Gasteiger partial charge in [-0.15, -0.1) is 0 Å². The van der Waals surface area contributed by atoms with Gasteiger partial charge in [-0.3, -0.25) is 5.84 Å². The number of hydrazine groups is 1. The van der Waals surface area contributed by atoms with Gasteiger partial charge in [-0.1, -0.05) is 13.8 Å². The monoisotopic (exact) mass is 103 g/mol. The summed E-state index contributed by atoms with van der Waals surface area (Å²) in [4.78, 5) is 0. The van der Waals surface area contributed by atoms with Crippen LogP contribution in [0, 0.1) is 0 Å². The van der Waals surface area contributed by atoms with Crippen LogP contribution in [-0.2, 0) is 0 Å². The molecule has 0 amide bonds. The van der Waals surface area contributed by atoms with E-state index >= 15 is 0 Å². The molecule has 44 valence electrons. The SMILES string of the molecule is CC(C)N(N)[N-]N. The lowest BCUT2D eigenvalue weighted by atomic mass is 10.4. The highest BCUT2D eigenvalue weighted by atomic mass is 15.8. The highest BCUT2D eigenvalue weighted by molar-refractivity contribution is 4.60. The molecule has 0 fully saturated rings. The van der Waals surface area contributed by atoms with E-state index in [0.717, 1.165) is 0 Å². The summed E-state index contributed by atoms with van der Waals surface area (Å²) in [5, 5.41) is 1.19. The van der Waals surface area contributed by atoms with E-state index in [1.54, 1.807) is 0 Å². The molecule has 0 aliphatic rings. The van der Waals surface area contributed by atoms with Gasteiger partial charge in [0.25, 0.3) is 0 Å². The Morgan fingerprint density at radius 3 is 2.00 bits per heavy atom. The third-order valence-corrected chi connectivity index (χ3v) is 0.662. The second-order valence-corrected chi connectivity index (χ2v) is 1.59. The molecule has 0 spiro atoms. The average molecular weight is 103 g/mol. The molecule has 0 aromatic rings. The second kappa shape index (κ2) is 2.92. The fourth-order valence-corrected chi connectivity index (χ4v) is 0.133. The van der Waals surface area contributed by atoms with Crippen LogP contribution in [0.3, 0.4) is 0 Å². The van der Waals surface area contributed by atoms with E-state index in [2.05, 4.69) is 5.53 Å². The number of rotatable bonds is 2. The first kappa shape index (κ1) is 6.84. The van der Waals surface area contributed by atoms with Gasteiger partial charge in [0, 0.05) is 0 Å². The first-order valence-corrected chi connectivity index (χ1v) is 2.13. The second-order valence-electron chi connectivity index (χ2n) is 1.59. The molecule has 0 atom stereocenters. The van der Waals surface area contributed by atoms with Crippen molar-refractivity contribution in [1.82, 2.24) is 5.12 Å². The molecule has 0 aliphatic carbocycles. The Kier molecular flexibility index (Phi) is 2.86. The normalized spacial score (nSPS) is 11.1. The predicted octanol–water partition coefficient (Wildman–Crippen LogP) is -0.267. The minimum Gasteiger partial charge on any atom is -0.518 e. The zero-order chi connectivity index (χ0) is 5.86. The summed E-state index contributed by atoms with van der Waals surface area (Å²) in [6.07, 6.45) is 0. The van der Waals surface area contributed by atoms with Crippen molar-refractivity contribution in [3.63, 3.8) is 0 Å². The van der Waals surface area contributed by atoms with E-state index in [0.29, 0.717) is 0 Å². The van der Waals surface area contributed by atoms with Crippen molar-refractivity contribution in [2.24, 2.45) is 11.7 Å². The van der Waals surface area contributed by atoms with Gasteiger partial charge in [-0.05, 0) is 6.04 Å². The van der Waals surface area contributed by atoms with Gasteiger partial charge in [0.1, 0.15) is 0 Å². The smallest absolute Gasteiger partial charge is 0.000436 e. The van der Waals surface area contributed by atoms with Crippen LogP contribution in [0.2, 0.25) is 0 Å². The first-order valence-electron chi connectivity index (χ1n) is 2.13. The lowest BCUT2D eigenvalue weighted by Gasteiger charge is -2.31. The quantitative estimate of drug-likeness (QED) is 0.373. The molecule has 0 aliphatic heterocycles. The fraction of sp³-hybridized carbons (Fsp3) is 1.00. The van der Waals surface area contributed by atoms with Crippen LogP contribution in [0.25, 0.3) is 5.53 Å². The molecule has 0 saturated carbocycles. The van der Waals surface area contributed by atoms with E-state index in [4.69, 9.17) is 11.7 Å². The van der Waals surface area contributed by atoms with E-state index < -0.39 is 0 Å². The van der Waals surface area contributed by atoms with Gasteiger partial charge >= 0.3 is 0 Å². The van der Waals surface area contributed by atoms with Gasteiger partial charge in [-0.25, -0.2) is 0 Å². The fourth-order valence-electron chi connectivity index (χ4n) is 0.133. The molecule has 0 aromatic heterocycles. The Labute approximate surface area is 43.4 Å². The molecule has 7 heavy (non-hydrogen) atoms. The number of hydrogen-bond donors (Lipinski definition) is 2. The third kappa shape index (κ3) is 2.52. The van der Waals surface area contributed by atoms with E-state index in [-0.39, 0.29) is 6.04 Å². The summed E-state index contributed by atoms with van der Waals surface area (Å²) in [5.74, 6) is 9.96. The van der Waals surface area contributed by atoms with Crippen molar-refractivity contribution in [3.8, 4) is 0 Å². The highest BCUT2D eigenvalue weighted by Crippen LogP contribution is 1.89. The maximum absolute atomic E-state index is 5.16. The topological polar surface area (TPSA) is 69.4 Å². The van der Waals surface area contributed by atoms with Gasteiger partial charge in [-0.2, -0.15) is 0 Å². The number of hydrogen-bond acceptors (Lipinski definition) is 3. The van der Waals surface area contributed by atoms with Gasteiger partial charge in [0.2, 0.25) is 0 Å². The molecule has 4 N–H and O–H groups in total. The Balaban J connectivity index is 3.14. The van der Waals surface area contributed by atoms with Crippen molar-refractivity contribution in [2.45, 2.75) is 19.9 Å². The van der Waals surface area contributed by atoms with Crippen molar-refractivity contribution < 1.29 is 0 Å². The molecule has 0 saturated heterocycles. The maximum atomic E-state index is 5.16. The van der Waals surface area contributed by atoms with Crippen LogP contribution in [0.1, 0.15) is 13.8 Å². The molecule has 0 unspecified atom stereocenters. The van der Waals surface area contributed by atoms with Gasteiger partial charge in [0.05, 0.1) is 0 Å². The van der Waals surface area contributed by atoms with Crippen LogP contribution in [0.4, 0.5) is 0 Å². The van der Waals surface area contributed by atoms with Crippen LogP contribution in [0.15, 0.2) is 0 Å². The molecule has 4 nitrogen and oxygen atoms in total. The van der Waals surface area contributed by atoms with Crippen molar-refractivity contribution in [3.05, 3.63) is 5.53 Å². The van der Waals surface area contributed by atoms with Crippen LogP contribution < -0.4 is 11.7 Å². The minimum atomic E-state index is 0.185. The number of nitrogens with two attached hydrogens (primary N) is 2. The standard InChI is InChI=1S/C3H11N4/c1-3(2)7(5)6-4/h3H,4-5H2,1-2H3/q-1. The summed E-state index contributed by atoms with van der Waals surface area (Å²) in [7, 11) is 0. The summed E-state index contributed by atoms with van der Waals surface area (Å²) < 4.78 is 0. The summed E-state index contributed by atoms with van der Waals surface area (Å²) >= 11 is 0. The molecule has 0 heterocycles. The largest absolute Gasteiger partial charge is 0.518 e. The predicted molar refractivity (Wildman–Crippen MR) is 28.7 cm³/mol. The molecular weight excluding hydrogens is 92.1 g/mol. The van der Waals surface area contributed by atoms with Crippen LogP contribution >= 0.6 is 0 Å². The Morgan fingerprint density at radius 1 is 1.57 bits per heavy atom. The van der Waals surface area contributed by atoms with Crippen LogP contribution in [0.5, 0.6) is 0 Å². The maximum Gasteiger partial charge on any atom is -0.000436 e. The van der Waals surface area contributed by atoms with Gasteiger partial charge < -0.3 is 16.5 Å². The van der Waals surface area contributed by atoms with Crippen molar-refractivity contribution >= 4 is 0 Å². The lowest BCUT2D eigenvalue weighted by Crippen LogP contribution is -2.35. The van der Waals surface area contributed by atoms with E-state index in [1.807, 2.05) is 13.8 Å². The molecule has 0 aromatic carbocycles. The molecule has 0 rings (SSSR count). The highest BCUT2D eigenvalue weighted by Gasteiger charge is 1.87. The molecule has 0 radical (unpaired) electrons. The van der Waals surface area contributed by atoms with Gasteiger partial charge in [0.15, 0.2) is 0 Å². The van der Waals surface area contributed by atoms with E-state index in [1.165, 1.54) is 5.12 Å². The molecule has 4 heteroatoms. The minimum absolute atomic E-state index is 0.185. The number of nitrogens with zero attached hydrogens (tertiary/aromatic N) is 2. The zero-order valence-corrected chi connectivity index (χ0v) is 4.63. The van der Waals surface area contributed by atoms with Crippen molar-refractivity contribution in [1.29, 1.82) is 0 Å².